The predicted octanol–water partition coefficient (Wildman–Crippen LogP) is 7.29. The molecule has 0 amide bonds. The maximum absolute atomic E-state index is 14.1. The first-order chi connectivity index (χ1) is 18.5. The fourth-order valence-corrected chi connectivity index (χ4v) is 5.87. The van der Waals surface area contributed by atoms with E-state index in [1.54, 1.807) is 0 Å². The van der Waals surface area contributed by atoms with Crippen LogP contribution in [0.25, 0.3) is 11.3 Å². The highest BCUT2D eigenvalue weighted by Gasteiger charge is 2.46. The van der Waals surface area contributed by atoms with Crippen LogP contribution in [-0.2, 0) is 9.09 Å². The van der Waals surface area contributed by atoms with E-state index in [-0.39, 0.29) is 29.5 Å². The van der Waals surface area contributed by atoms with Gasteiger partial charge in [0.05, 0.1) is 16.8 Å². The minimum atomic E-state index is -5.03. The molecule has 0 aliphatic heterocycles. The largest absolute Gasteiger partial charge is 0.448 e. The van der Waals surface area contributed by atoms with E-state index in [4.69, 9.17) is 9.26 Å². The van der Waals surface area contributed by atoms with E-state index in [2.05, 4.69) is 47.0 Å². The van der Waals surface area contributed by atoms with Crippen LogP contribution in [0.4, 0.5) is 23.2 Å². The average molecular weight is 700 g/mol. The van der Waals surface area contributed by atoms with Gasteiger partial charge in [-0.25, -0.2) is 14.6 Å². The van der Waals surface area contributed by atoms with Gasteiger partial charge in [-0.1, -0.05) is 31.9 Å². The Balaban J connectivity index is 1.95. The summed E-state index contributed by atoms with van der Waals surface area (Å²) in [6.45, 7) is 0.0688. The molecular weight excluding hydrogens is 679 g/mol. The van der Waals surface area contributed by atoms with Gasteiger partial charge in [-0.2, -0.15) is 13.2 Å². The zero-order valence-corrected chi connectivity index (χ0v) is 23.9. The minimum absolute atomic E-state index is 0.00534. The van der Waals surface area contributed by atoms with Crippen molar-refractivity contribution in [3.05, 3.63) is 82.3 Å². The Hall–Kier alpha value is -2.42. The molecular formula is C23H21Br2F4N4O5P. The number of rotatable bonds is 13. The molecule has 1 atom stereocenters. The van der Waals surface area contributed by atoms with Crippen LogP contribution in [0.1, 0.15) is 11.7 Å². The molecule has 1 aromatic heterocycles. The monoisotopic (exact) mass is 698 g/mol. The number of nitro benzene ring substituents is 1. The third-order valence-corrected chi connectivity index (χ3v) is 7.55. The molecule has 3 aromatic rings. The van der Waals surface area contributed by atoms with Crippen LogP contribution < -0.4 is 14.9 Å². The Bertz CT molecular complexity index is 1310. The van der Waals surface area contributed by atoms with Crippen molar-refractivity contribution >= 4 is 45.2 Å². The summed E-state index contributed by atoms with van der Waals surface area (Å²) in [5.74, 6) is -0.946. The molecule has 3 rings (SSSR count). The Morgan fingerprint density at radius 1 is 1.03 bits per heavy atom. The number of aromatic nitrogens is 1. The summed E-state index contributed by atoms with van der Waals surface area (Å²) in [6.07, 6.45) is -6.53. The van der Waals surface area contributed by atoms with E-state index in [0.717, 1.165) is 18.2 Å². The van der Waals surface area contributed by atoms with Crippen molar-refractivity contribution in [3.8, 4) is 22.8 Å². The third-order valence-electron chi connectivity index (χ3n) is 4.97. The van der Waals surface area contributed by atoms with Crippen molar-refractivity contribution in [1.82, 2.24) is 15.2 Å². The Kier molecular flexibility index (Phi) is 11.0. The normalized spacial score (nSPS) is 12.8. The molecule has 0 aliphatic rings. The lowest BCUT2D eigenvalue weighted by Gasteiger charge is -2.27. The third kappa shape index (κ3) is 8.78. The molecule has 2 N–H and O–H groups in total. The van der Waals surface area contributed by atoms with Gasteiger partial charge in [0.1, 0.15) is 11.6 Å². The molecule has 210 valence electrons. The van der Waals surface area contributed by atoms with E-state index in [1.165, 1.54) is 42.6 Å². The molecule has 0 aliphatic carbocycles. The SMILES string of the molecule is O=[N+]([O-])c1ccc(C(OP(=O)(NCCBr)NCCBr)C(F)(F)F)cc1Oc1ccc(-c2ccc(F)cc2)nc1. The molecule has 0 saturated carbocycles. The lowest BCUT2D eigenvalue weighted by molar-refractivity contribution is -0.385. The maximum atomic E-state index is 14.1. The second kappa shape index (κ2) is 13.8. The van der Waals surface area contributed by atoms with E-state index in [9.17, 15) is 32.2 Å². The summed E-state index contributed by atoms with van der Waals surface area (Å²) < 4.78 is 79.2. The molecule has 0 bridgehead atoms. The number of pyridine rings is 1. The van der Waals surface area contributed by atoms with Crippen LogP contribution in [0, 0.1) is 15.9 Å². The number of nitrogens with zero attached hydrogens (tertiary/aromatic N) is 2. The van der Waals surface area contributed by atoms with Crippen molar-refractivity contribution < 1.29 is 36.3 Å². The van der Waals surface area contributed by atoms with Gasteiger partial charge >= 0.3 is 19.5 Å². The number of hydrogen-bond acceptors (Lipinski definition) is 6. The summed E-state index contributed by atoms with van der Waals surface area (Å²) in [7, 11) is -4.21. The first-order valence-electron chi connectivity index (χ1n) is 11.1. The van der Waals surface area contributed by atoms with Crippen molar-refractivity contribution in [2.45, 2.75) is 12.3 Å². The second-order valence-corrected chi connectivity index (χ2v) is 11.3. The van der Waals surface area contributed by atoms with E-state index in [0.29, 0.717) is 11.3 Å². The number of nitro groups is 1. The number of benzene rings is 2. The fraction of sp³-hybridized carbons (Fsp3) is 0.261. The van der Waals surface area contributed by atoms with E-state index >= 15 is 0 Å². The van der Waals surface area contributed by atoms with Crippen LogP contribution in [-0.4, -0.2) is 39.8 Å². The van der Waals surface area contributed by atoms with E-state index < -0.39 is 47.7 Å². The molecule has 0 fully saturated rings. The van der Waals surface area contributed by atoms with Crippen molar-refractivity contribution in [1.29, 1.82) is 0 Å². The number of hydrogen-bond donors (Lipinski definition) is 2. The number of halogens is 6. The quantitative estimate of drug-likeness (QED) is 0.0629. The molecule has 1 unspecified atom stereocenters. The molecule has 2 aromatic carbocycles. The maximum Gasteiger partial charge on any atom is 0.419 e. The Labute approximate surface area is 237 Å². The minimum Gasteiger partial charge on any atom is -0.448 e. The highest BCUT2D eigenvalue weighted by Crippen LogP contribution is 2.50. The summed E-state index contributed by atoms with van der Waals surface area (Å²) in [4.78, 5) is 14.9. The van der Waals surface area contributed by atoms with E-state index in [1.807, 2.05) is 0 Å². The first kappa shape index (κ1) is 31.1. The molecule has 1 heterocycles. The van der Waals surface area contributed by atoms with Crippen LogP contribution in [0.3, 0.4) is 0 Å². The lowest BCUT2D eigenvalue weighted by atomic mass is 10.1. The Morgan fingerprint density at radius 2 is 1.67 bits per heavy atom. The first-order valence-corrected chi connectivity index (χ1v) is 15.0. The topological polar surface area (TPSA) is 116 Å². The number of ether oxygens (including phenoxy) is 1. The van der Waals surface area contributed by atoms with Gasteiger partial charge in [-0.05, 0) is 54.1 Å². The number of alkyl halides is 5. The zero-order valence-electron chi connectivity index (χ0n) is 19.8. The van der Waals surface area contributed by atoms with Gasteiger partial charge in [0.2, 0.25) is 5.75 Å². The van der Waals surface area contributed by atoms with Crippen molar-refractivity contribution in [2.24, 2.45) is 0 Å². The standard InChI is InChI=1S/C23H21Br2F4N4O5P/c24-9-11-31-39(36,32-12-10-25)38-22(23(27,28)29)16-3-8-20(33(34)35)21(13-16)37-18-6-7-19(30-14-18)15-1-4-17(26)5-2-15/h1-8,13-14,22H,9-12H2,(H2,31,32,36). The van der Waals surface area contributed by atoms with Crippen LogP contribution in [0.5, 0.6) is 11.5 Å². The molecule has 0 saturated heterocycles. The van der Waals surface area contributed by atoms with Gasteiger partial charge in [0.25, 0.3) is 0 Å². The van der Waals surface area contributed by atoms with Gasteiger partial charge in [0, 0.05) is 35.4 Å². The summed E-state index contributed by atoms with van der Waals surface area (Å²) in [6, 6.07) is 10.9. The van der Waals surface area contributed by atoms with Crippen LogP contribution in [0.2, 0.25) is 0 Å². The highest BCUT2D eigenvalue weighted by molar-refractivity contribution is 9.09. The highest BCUT2D eigenvalue weighted by atomic mass is 79.9. The zero-order chi connectivity index (χ0) is 28.6. The summed E-state index contributed by atoms with van der Waals surface area (Å²) in [5.41, 5.74) is -0.146. The molecule has 0 radical (unpaired) electrons. The Morgan fingerprint density at radius 3 is 2.18 bits per heavy atom. The van der Waals surface area contributed by atoms with Gasteiger partial charge < -0.3 is 4.74 Å². The fourth-order valence-electron chi connectivity index (χ4n) is 3.25. The predicted molar refractivity (Wildman–Crippen MR) is 144 cm³/mol. The van der Waals surface area contributed by atoms with Gasteiger partial charge in [-0.15, -0.1) is 0 Å². The number of nitrogens with one attached hydrogen (secondary N) is 2. The summed E-state index contributed by atoms with van der Waals surface area (Å²) in [5, 5.41) is 17.0. The smallest absolute Gasteiger partial charge is 0.419 e. The van der Waals surface area contributed by atoms with Crippen molar-refractivity contribution in [3.63, 3.8) is 0 Å². The second-order valence-electron chi connectivity index (χ2n) is 7.75. The molecule has 16 heteroatoms. The average Bonchev–Trinajstić information content (AvgIpc) is 2.90. The van der Waals surface area contributed by atoms with Crippen LogP contribution >= 0.6 is 39.5 Å². The molecule has 9 nitrogen and oxygen atoms in total. The van der Waals surface area contributed by atoms with Gasteiger partial charge in [0.15, 0.2) is 6.10 Å². The molecule has 39 heavy (non-hydrogen) atoms. The lowest BCUT2D eigenvalue weighted by Crippen LogP contribution is -2.32. The van der Waals surface area contributed by atoms with Crippen molar-refractivity contribution in [2.75, 3.05) is 23.7 Å². The van der Waals surface area contributed by atoms with Gasteiger partial charge in [-0.3, -0.25) is 24.2 Å². The molecule has 0 spiro atoms. The summed E-state index contributed by atoms with van der Waals surface area (Å²) >= 11 is 6.21. The van der Waals surface area contributed by atoms with Crippen LogP contribution in [0.15, 0.2) is 60.8 Å².